The van der Waals surface area contributed by atoms with Gasteiger partial charge in [0.15, 0.2) is 0 Å². The van der Waals surface area contributed by atoms with Crippen molar-refractivity contribution in [1.29, 1.82) is 0 Å². The molecule has 2 amide bonds. The second-order valence-electron chi connectivity index (χ2n) is 6.77. The number of rotatable bonds is 6. The summed E-state index contributed by atoms with van der Waals surface area (Å²) in [6, 6.07) is 0.150. The van der Waals surface area contributed by atoms with Gasteiger partial charge in [-0.2, -0.15) is 0 Å². The summed E-state index contributed by atoms with van der Waals surface area (Å²) in [5, 5.41) is 5.79. The Bertz CT molecular complexity index is 387. The molecular formula is C16H28N2O3. The van der Waals surface area contributed by atoms with Gasteiger partial charge in [0.1, 0.15) is 5.60 Å². The Morgan fingerprint density at radius 2 is 2.24 bits per heavy atom. The van der Waals surface area contributed by atoms with Gasteiger partial charge in [0.25, 0.3) is 0 Å². The molecule has 0 radical (unpaired) electrons. The topological polar surface area (TPSA) is 67.4 Å². The van der Waals surface area contributed by atoms with Crippen LogP contribution in [0, 0.1) is 5.92 Å². The standard InChI is InChI=1S/C16H28N2O3/c1-6-12(17-15(20)21-16(3,4)5)8-7-9-13-11(2)10-14(19)18-13/h6,11-13H,1,7-10H2,2-5H3,(H,17,20)(H,18,19). The zero-order valence-electron chi connectivity index (χ0n) is 13.6. The number of hydrogen-bond donors (Lipinski definition) is 2. The zero-order chi connectivity index (χ0) is 16.0. The van der Waals surface area contributed by atoms with E-state index in [9.17, 15) is 9.59 Å². The van der Waals surface area contributed by atoms with Gasteiger partial charge in [0.2, 0.25) is 5.91 Å². The molecule has 120 valence electrons. The van der Waals surface area contributed by atoms with Gasteiger partial charge in [-0.1, -0.05) is 13.0 Å². The van der Waals surface area contributed by atoms with Crippen molar-refractivity contribution in [1.82, 2.24) is 10.6 Å². The van der Waals surface area contributed by atoms with E-state index in [4.69, 9.17) is 4.74 Å². The first-order valence-electron chi connectivity index (χ1n) is 7.62. The summed E-state index contributed by atoms with van der Waals surface area (Å²) in [7, 11) is 0. The number of carbonyl (C=O) groups excluding carboxylic acids is 2. The van der Waals surface area contributed by atoms with Crippen LogP contribution >= 0.6 is 0 Å². The first-order chi connectivity index (χ1) is 9.71. The van der Waals surface area contributed by atoms with Crippen LogP contribution in [0.1, 0.15) is 53.4 Å². The van der Waals surface area contributed by atoms with Gasteiger partial charge in [-0.25, -0.2) is 4.79 Å². The molecule has 0 saturated carbocycles. The summed E-state index contributed by atoms with van der Waals surface area (Å²) in [4.78, 5) is 23.0. The van der Waals surface area contributed by atoms with E-state index in [1.54, 1.807) is 6.08 Å². The molecule has 0 bridgehead atoms. The Kier molecular flexibility index (Phi) is 6.24. The van der Waals surface area contributed by atoms with Gasteiger partial charge in [-0.05, 0) is 46.0 Å². The van der Waals surface area contributed by atoms with E-state index in [1.165, 1.54) is 0 Å². The third-order valence-corrected chi connectivity index (χ3v) is 3.56. The number of nitrogens with one attached hydrogen (secondary N) is 2. The van der Waals surface area contributed by atoms with Crippen molar-refractivity contribution >= 4 is 12.0 Å². The fourth-order valence-electron chi connectivity index (χ4n) is 2.46. The molecule has 1 aliphatic rings. The summed E-state index contributed by atoms with van der Waals surface area (Å²) in [6.07, 6.45) is 4.55. The SMILES string of the molecule is C=CC(CCCC1NC(=O)CC1C)NC(=O)OC(C)(C)C. The van der Waals surface area contributed by atoms with Crippen molar-refractivity contribution in [3.05, 3.63) is 12.7 Å². The van der Waals surface area contributed by atoms with E-state index in [0.717, 1.165) is 19.3 Å². The monoisotopic (exact) mass is 296 g/mol. The second-order valence-corrected chi connectivity index (χ2v) is 6.77. The molecule has 1 heterocycles. The van der Waals surface area contributed by atoms with Crippen LogP contribution in [-0.4, -0.2) is 29.7 Å². The molecule has 2 N–H and O–H groups in total. The molecule has 1 fully saturated rings. The van der Waals surface area contributed by atoms with Crippen LogP contribution in [0.2, 0.25) is 0 Å². The van der Waals surface area contributed by atoms with E-state index in [0.29, 0.717) is 12.3 Å². The Morgan fingerprint density at radius 1 is 1.57 bits per heavy atom. The quantitative estimate of drug-likeness (QED) is 0.741. The molecular weight excluding hydrogens is 268 g/mol. The highest BCUT2D eigenvalue weighted by Gasteiger charge is 2.28. The van der Waals surface area contributed by atoms with Crippen LogP contribution in [0.4, 0.5) is 4.79 Å². The minimum absolute atomic E-state index is 0.104. The van der Waals surface area contributed by atoms with Crippen molar-refractivity contribution in [2.24, 2.45) is 5.92 Å². The molecule has 0 aromatic rings. The third-order valence-electron chi connectivity index (χ3n) is 3.56. The normalized spacial score (nSPS) is 23.3. The third kappa shape index (κ3) is 6.65. The largest absolute Gasteiger partial charge is 0.444 e. The lowest BCUT2D eigenvalue weighted by molar-refractivity contribution is -0.119. The minimum atomic E-state index is -0.501. The molecule has 1 rings (SSSR count). The van der Waals surface area contributed by atoms with Crippen LogP contribution in [0.3, 0.4) is 0 Å². The van der Waals surface area contributed by atoms with Gasteiger partial charge in [-0.15, -0.1) is 6.58 Å². The van der Waals surface area contributed by atoms with E-state index in [1.807, 2.05) is 20.8 Å². The minimum Gasteiger partial charge on any atom is -0.444 e. The van der Waals surface area contributed by atoms with E-state index in [-0.39, 0.29) is 18.0 Å². The van der Waals surface area contributed by atoms with Gasteiger partial charge in [-0.3, -0.25) is 4.79 Å². The first kappa shape index (κ1) is 17.5. The molecule has 21 heavy (non-hydrogen) atoms. The lowest BCUT2D eigenvalue weighted by Crippen LogP contribution is -2.38. The number of carbonyl (C=O) groups is 2. The Balaban J connectivity index is 2.30. The molecule has 0 aliphatic carbocycles. The molecule has 0 aromatic carbocycles. The van der Waals surface area contributed by atoms with Gasteiger partial charge in [0, 0.05) is 12.5 Å². The molecule has 5 nitrogen and oxygen atoms in total. The molecule has 3 atom stereocenters. The smallest absolute Gasteiger partial charge is 0.408 e. The summed E-state index contributed by atoms with van der Waals surface area (Å²) in [5.41, 5.74) is -0.501. The number of ether oxygens (including phenoxy) is 1. The predicted octanol–water partition coefficient (Wildman–Crippen LogP) is 2.76. The van der Waals surface area contributed by atoms with Crippen molar-refractivity contribution in [3.63, 3.8) is 0 Å². The lowest BCUT2D eigenvalue weighted by Gasteiger charge is -2.22. The fourth-order valence-corrected chi connectivity index (χ4v) is 2.46. The van der Waals surface area contributed by atoms with Crippen LogP contribution in [0.15, 0.2) is 12.7 Å². The molecule has 0 spiro atoms. The second kappa shape index (κ2) is 7.48. The van der Waals surface area contributed by atoms with Crippen LogP contribution < -0.4 is 10.6 Å². The number of alkyl carbamates (subject to hydrolysis) is 1. The number of amides is 2. The van der Waals surface area contributed by atoms with E-state index in [2.05, 4.69) is 24.1 Å². The highest BCUT2D eigenvalue weighted by molar-refractivity contribution is 5.78. The van der Waals surface area contributed by atoms with E-state index < -0.39 is 11.7 Å². The summed E-state index contributed by atoms with van der Waals surface area (Å²) < 4.78 is 5.23. The lowest BCUT2D eigenvalue weighted by atomic mass is 9.97. The highest BCUT2D eigenvalue weighted by atomic mass is 16.6. The van der Waals surface area contributed by atoms with Crippen LogP contribution in [0.25, 0.3) is 0 Å². The van der Waals surface area contributed by atoms with Crippen LogP contribution in [-0.2, 0) is 9.53 Å². The Labute approximate surface area is 127 Å². The maximum absolute atomic E-state index is 11.7. The highest BCUT2D eigenvalue weighted by Crippen LogP contribution is 2.20. The molecule has 1 saturated heterocycles. The van der Waals surface area contributed by atoms with Crippen LogP contribution in [0.5, 0.6) is 0 Å². The average molecular weight is 296 g/mol. The summed E-state index contributed by atoms with van der Waals surface area (Å²) in [6.45, 7) is 11.3. The van der Waals surface area contributed by atoms with E-state index >= 15 is 0 Å². The average Bonchev–Trinajstić information content (AvgIpc) is 2.64. The van der Waals surface area contributed by atoms with Crippen molar-refractivity contribution in [2.75, 3.05) is 0 Å². The number of hydrogen-bond acceptors (Lipinski definition) is 3. The maximum Gasteiger partial charge on any atom is 0.408 e. The summed E-state index contributed by atoms with van der Waals surface area (Å²) in [5.74, 6) is 0.526. The molecule has 0 aromatic heterocycles. The Morgan fingerprint density at radius 3 is 2.71 bits per heavy atom. The molecule has 3 unspecified atom stereocenters. The van der Waals surface area contributed by atoms with Gasteiger partial charge in [0.05, 0.1) is 6.04 Å². The first-order valence-corrected chi connectivity index (χ1v) is 7.62. The predicted molar refractivity (Wildman–Crippen MR) is 82.9 cm³/mol. The van der Waals surface area contributed by atoms with Gasteiger partial charge < -0.3 is 15.4 Å². The molecule has 1 aliphatic heterocycles. The zero-order valence-corrected chi connectivity index (χ0v) is 13.6. The summed E-state index contributed by atoms with van der Waals surface area (Å²) >= 11 is 0. The molecule has 5 heteroatoms. The maximum atomic E-state index is 11.7. The van der Waals surface area contributed by atoms with Gasteiger partial charge >= 0.3 is 6.09 Å². The fraction of sp³-hybridized carbons (Fsp3) is 0.750. The van der Waals surface area contributed by atoms with Crippen molar-refractivity contribution < 1.29 is 14.3 Å². The Hall–Kier alpha value is -1.52. The van der Waals surface area contributed by atoms with Crippen molar-refractivity contribution in [2.45, 2.75) is 71.1 Å². The van der Waals surface area contributed by atoms with Crippen molar-refractivity contribution in [3.8, 4) is 0 Å².